The topological polar surface area (TPSA) is 39.7 Å². The number of rotatable bonds is 7. The van der Waals surface area contributed by atoms with Gasteiger partial charge in [0.15, 0.2) is 11.5 Å². The van der Waals surface area contributed by atoms with E-state index in [1.807, 2.05) is 31.2 Å². The zero-order chi connectivity index (χ0) is 13.8. The van der Waals surface area contributed by atoms with Crippen molar-refractivity contribution in [2.75, 3.05) is 19.8 Å². The van der Waals surface area contributed by atoms with E-state index in [9.17, 15) is 0 Å². The minimum atomic E-state index is 0.427. The van der Waals surface area contributed by atoms with Gasteiger partial charge < -0.3 is 19.5 Å². The Hall–Kier alpha value is -1.26. The monoisotopic (exact) mass is 277 g/mol. The quantitative estimate of drug-likeness (QED) is 0.777. The summed E-state index contributed by atoms with van der Waals surface area (Å²) in [5.74, 6) is 1.64. The number of hydrogen-bond acceptors (Lipinski definition) is 4. The van der Waals surface area contributed by atoms with Crippen molar-refractivity contribution in [1.29, 1.82) is 0 Å². The van der Waals surface area contributed by atoms with E-state index in [-0.39, 0.29) is 0 Å². The standard InChI is InChI=1S/C16H23NO3/c1-2-18-15-5-3-4-6-16(15)19-10-9-17-13-11-12-7-8-14(13)20-12/h3-6,12-14,17H,2,7-11H2,1H3. The molecule has 2 heterocycles. The lowest BCUT2D eigenvalue weighted by atomic mass is 9.95. The van der Waals surface area contributed by atoms with Crippen LogP contribution in [0.25, 0.3) is 0 Å². The number of hydrogen-bond donors (Lipinski definition) is 1. The van der Waals surface area contributed by atoms with E-state index in [2.05, 4.69) is 5.32 Å². The van der Waals surface area contributed by atoms with Gasteiger partial charge >= 0.3 is 0 Å². The molecule has 2 saturated heterocycles. The number of nitrogens with one attached hydrogen (secondary N) is 1. The fourth-order valence-electron chi connectivity index (χ4n) is 3.10. The van der Waals surface area contributed by atoms with Gasteiger partial charge in [-0.1, -0.05) is 12.1 Å². The minimum Gasteiger partial charge on any atom is -0.490 e. The van der Waals surface area contributed by atoms with Crippen LogP contribution in [-0.4, -0.2) is 38.0 Å². The Morgan fingerprint density at radius 1 is 1.20 bits per heavy atom. The molecule has 0 aromatic heterocycles. The van der Waals surface area contributed by atoms with Crippen molar-refractivity contribution >= 4 is 0 Å². The van der Waals surface area contributed by atoms with Crippen LogP contribution in [0.3, 0.4) is 0 Å². The predicted octanol–water partition coefficient (Wildman–Crippen LogP) is 2.37. The van der Waals surface area contributed by atoms with E-state index >= 15 is 0 Å². The molecule has 20 heavy (non-hydrogen) atoms. The highest BCUT2D eigenvalue weighted by Crippen LogP contribution is 2.34. The lowest BCUT2D eigenvalue weighted by Crippen LogP contribution is -2.39. The fraction of sp³-hybridized carbons (Fsp3) is 0.625. The van der Waals surface area contributed by atoms with Gasteiger partial charge in [-0.15, -0.1) is 0 Å². The largest absolute Gasteiger partial charge is 0.490 e. The van der Waals surface area contributed by atoms with Crippen LogP contribution >= 0.6 is 0 Å². The van der Waals surface area contributed by atoms with Gasteiger partial charge in [-0.2, -0.15) is 0 Å². The number of benzene rings is 1. The maximum atomic E-state index is 5.83. The molecule has 4 heteroatoms. The van der Waals surface area contributed by atoms with Crippen molar-refractivity contribution < 1.29 is 14.2 Å². The highest BCUT2D eigenvalue weighted by atomic mass is 16.5. The van der Waals surface area contributed by atoms with E-state index in [4.69, 9.17) is 14.2 Å². The number of ether oxygens (including phenoxy) is 3. The average Bonchev–Trinajstić information content (AvgIpc) is 3.08. The summed E-state index contributed by atoms with van der Waals surface area (Å²) in [6, 6.07) is 8.33. The van der Waals surface area contributed by atoms with Crippen LogP contribution in [0.15, 0.2) is 24.3 Å². The maximum Gasteiger partial charge on any atom is 0.161 e. The Bertz CT molecular complexity index is 437. The van der Waals surface area contributed by atoms with Gasteiger partial charge in [-0.05, 0) is 38.3 Å². The van der Waals surface area contributed by atoms with Gasteiger partial charge in [0, 0.05) is 12.6 Å². The second kappa shape index (κ2) is 6.46. The van der Waals surface area contributed by atoms with Gasteiger partial charge in [0.1, 0.15) is 6.61 Å². The summed E-state index contributed by atoms with van der Waals surface area (Å²) >= 11 is 0. The number of para-hydroxylation sites is 2. The van der Waals surface area contributed by atoms with E-state index in [1.165, 1.54) is 12.8 Å². The molecule has 0 spiro atoms. The van der Waals surface area contributed by atoms with Crippen LogP contribution in [0.2, 0.25) is 0 Å². The average molecular weight is 277 g/mol. The highest BCUT2D eigenvalue weighted by molar-refractivity contribution is 5.39. The third-order valence-corrected chi connectivity index (χ3v) is 4.02. The minimum absolute atomic E-state index is 0.427. The van der Waals surface area contributed by atoms with Crippen LogP contribution in [-0.2, 0) is 4.74 Å². The summed E-state index contributed by atoms with van der Waals surface area (Å²) in [5, 5.41) is 3.54. The Morgan fingerprint density at radius 2 is 2.00 bits per heavy atom. The van der Waals surface area contributed by atoms with Crippen LogP contribution < -0.4 is 14.8 Å². The summed E-state index contributed by atoms with van der Waals surface area (Å²) in [6.07, 6.45) is 4.52. The first-order chi connectivity index (χ1) is 9.86. The molecule has 4 nitrogen and oxygen atoms in total. The Balaban J connectivity index is 1.41. The van der Waals surface area contributed by atoms with Crippen molar-refractivity contribution in [2.24, 2.45) is 0 Å². The first-order valence-electron chi connectivity index (χ1n) is 7.60. The second-order valence-corrected chi connectivity index (χ2v) is 5.40. The molecular formula is C16H23NO3. The molecule has 110 valence electrons. The molecule has 3 atom stereocenters. The molecule has 2 fully saturated rings. The summed E-state index contributed by atoms with van der Waals surface area (Å²) in [7, 11) is 0. The molecule has 2 aliphatic heterocycles. The molecule has 3 rings (SSSR count). The number of fused-ring (bicyclic) bond motifs is 2. The fourth-order valence-corrected chi connectivity index (χ4v) is 3.10. The molecule has 0 aliphatic carbocycles. The van der Waals surface area contributed by atoms with E-state index in [1.54, 1.807) is 0 Å². The molecule has 0 amide bonds. The Morgan fingerprint density at radius 3 is 2.65 bits per heavy atom. The van der Waals surface area contributed by atoms with Gasteiger partial charge in [-0.25, -0.2) is 0 Å². The SMILES string of the molecule is CCOc1ccccc1OCCNC1CC2CCC1O2. The van der Waals surface area contributed by atoms with Crippen LogP contribution in [0.1, 0.15) is 26.2 Å². The van der Waals surface area contributed by atoms with Crippen molar-refractivity contribution in [3.05, 3.63) is 24.3 Å². The summed E-state index contributed by atoms with van der Waals surface area (Å²) in [5.41, 5.74) is 0. The van der Waals surface area contributed by atoms with Gasteiger partial charge in [-0.3, -0.25) is 0 Å². The predicted molar refractivity (Wildman–Crippen MR) is 77.4 cm³/mol. The van der Waals surface area contributed by atoms with E-state index < -0.39 is 0 Å². The van der Waals surface area contributed by atoms with Crippen molar-refractivity contribution in [3.8, 4) is 11.5 Å². The molecule has 0 radical (unpaired) electrons. The highest BCUT2D eigenvalue weighted by Gasteiger charge is 2.40. The second-order valence-electron chi connectivity index (χ2n) is 5.40. The first kappa shape index (κ1) is 13.7. The summed E-state index contributed by atoms with van der Waals surface area (Å²) < 4.78 is 17.2. The van der Waals surface area contributed by atoms with E-state index in [0.717, 1.165) is 24.5 Å². The summed E-state index contributed by atoms with van der Waals surface area (Å²) in [6.45, 7) is 4.13. The van der Waals surface area contributed by atoms with Gasteiger partial charge in [0.05, 0.1) is 18.8 Å². The molecule has 0 saturated carbocycles. The van der Waals surface area contributed by atoms with Crippen molar-refractivity contribution in [3.63, 3.8) is 0 Å². The van der Waals surface area contributed by atoms with Crippen molar-refractivity contribution in [2.45, 2.75) is 44.4 Å². The molecule has 2 bridgehead atoms. The maximum absolute atomic E-state index is 5.83. The first-order valence-corrected chi connectivity index (χ1v) is 7.60. The molecule has 1 aromatic carbocycles. The van der Waals surface area contributed by atoms with Crippen LogP contribution in [0, 0.1) is 0 Å². The normalized spacial score (nSPS) is 27.8. The van der Waals surface area contributed by atoms with Crippen molar-refractivity contribution in [1.82, 2.24) is 5.32 Å². The molecule has 1 N–H and O–H groups in total. The Kier molecular flexibility index (Phi) is 4.43. The molecular weight excluding hydrogens is 254 g/mol. The zero-order valence-corrected chi connectivity index (χ0v) is 12.0. The molecule has 2 aliphatic rings. The van der Waals surface area contributed by atoms with Crippen LogP contribution in [0.5, 0.6) is 11.5 Å². The van der Waals surface area contributed by atoms with Gasteiger partial charge in [0.25, 0.3) is 0 Å². The lowest BCUT2D eigenvalue weighted by Gasteiger charge is -2.20. The lowest BCUT2D eigenvalue weighted by molar-refractivity contribution is 0.0969. The zero-order valence-electron chi connectivity index (χ0n) is 12.0. The van der Waals surface area contributed by atoms with Gasteiger partial charge in [0.2, 0.25) is 0 Å². The third-order valence-electron chi connectivity index (χ3n) is 4.02. The smallest absolute Gasteiger partial charge is 0.161 e. The molecule has 1 aromatic rings. The third kappa shape index (κ3) is 3.07. The molecule has 3 unspecified atom stereocenters. The van der Waals surface area contributed by atoms with E-state index in [0.29, 0.717) is 31.5 Å². The van der Waals surface area contributed by atoms with Crippen LogP contribution in [0.4, 0.5) is 0 Å². The summed E-state index contributed by atoms with van der Waals surface area (Å²) in [4.78, 5) is 0. The Labute approximate surface area is 120 Å².